The fourth-order valence-corrected chi connectivity index (χ4v) is 3.63. The van der Waals surface area contributed by atoms with Crippen LogP contribution in [0.4, 0.5) is 0 Å². The van der Waals surface area contributed by atoms with Crippen LogP contribution in [0.15, 0.2) is 4.99 Å². The molecule has 0 spiro atoms. The first-order chi connectivity index (χ1) is 10.1. The highest BCUT2D eigenvalue weighted by Crippen LogP contribution is 2.20. The minimum absolute atomic E-state index is 0.197. The normalized spacial score (nSPS) is 31.7. The van der Waals surface area contributed by atoms with Crippen molar-refractivity contribution in [3.05, 3.63) is 0 Å². The molecule has 0 saturated carbocycles. The van der Waals surface area contributed by atoms with E-state index < -0.39 is 0 Å². The van der Waals surface area contributed by atoms with Crippen LogP contribution in [0.3, 0.4) is 0 Å². The van der Waals surface area contributed by atoms with E-state index in [-0.39, 0.29) is 6.10 Å². The van der Waals surface area contributed by atoms with Crippen LogP contribution in [0.5, 0.6) is 0 Å². The quantitative estimate of drug-likeness (QED) is 0.600. The molecule has 0 amide bonds. The van der Waals surface area contributed by atoms with E-state index in [9.17, 15) is 5.11 Å². The van der Waals surface area contributed by atoms with Crippen LogP contribution >= 0.6 is 0 Å². The van der Waals surface area contributed by atoms with Crippen LogP contribution in [0.25, 0.3) is 0 Å². The Morgan fingerprint density at radius 2 is 1.95 bits per heavy atom. The predicted octanol–water partition coefficient (Wildman–Crippen LogP) is 0.996. The smallest absolute Gasteiger partial charge is 0.194 e. The zero-order valence-corrected chi connectivity index (χ0v) is 13.9. The molecule has 0 bridgehead atoms. The van der Waals surface area contributed by atoms with E-state index in [1.165, 1.54) is 19.5 Å². The summed E-state index contributed by atoms with van der Waals surface area (Å²) in [6.07, 6.45) is 2.01. The van der Waals surface area contributed by atoms with Crippen molar-refractivity contribution in [1.82, 2.24) is 15.1 Å². The zero-order chi connectivity index (χ0) is 15.2. The lowest BCUT2D eigenvalue weighted by molar-refractivity contribution is 0.145. The number of aliphatic imine (C=N–C) groups is 1. The van der Waals surface area contributed by atoms with E-state index in [1.807, 2.05) is 0 Å². The van der Waals surface area contributed by atoms with Crippen molar-refractivity contribution in [2.45, 2.75) is 39.7 Å². The van der Waals surface area contributed by atoms with Gasteiger partial charge in [-0.15, -0.1) is 0 Å². The summed E-state index contributed by atoms with van der Waals surface area (Å²) >= 11 is 0. The van der Waals surface area contributed by atoms with E-state index in [1.54, 1.807) is 0 Å². The van der Waals surface area contributed by atoms with E-state index in [2.05, 4.69) is 35.9 Å². The van der Waals surface area contributed by atoms with Gasteiger partial charge in [-0.25, -0.2) is 0 Å². The molecule has 3 atom stereocenters. The third-order valence-electron chi connectivity index (χ3n) is 4.42. The van der Waals surface area contributed by atoms with Crippen molar-refractivity contribution in [2.24, 2.45) is 16.8 Å². The molecular weight excluding hydrogens is 264 g/mol. The van der Waals surface area contributed by atoms with Gasteiger partial charge < -0.3 is 20.2 Å². The molecule has 2 unspecified atom stereocenters. The Morgan fingerprint density at radius 3 is 2.52 bits per heavy atom. The number of β-amino-alcohol motifs (C(OH)–C–C–N with tert-alkyl or cyclic N) is 1. The summed E-state index contributed by atoms with van der Waals surface area (Å²) in [5, 5.41) is 13.0. The topological polar surface area (TPSA) is 51.1 Å². The Bertz CT molecular complexity index is 337. The number of aliphatic hydroxyl groups is 1. The molecule has 0 aromatic carbocycles. The highest BCUT2D eigenvalue weighted by molar-refractivity contribution is 5.80. The van der Waals surface area contributed by atoms with Gasteiger partial charge >= 0.3 is 0 Å². The Hall–Kier alpha value is -0.810. The van der Waals surface area contributed by atoms with Crippen molar-refractivity contribution in [3.8, 4) is 0 Å². The molecule has 0 aromatic rings. The fourth-order valence-electron chi connectivity index (χ4n) is 3.63. The van der Waals surface area contributed by atoms with Crippen LogP contribution in [0.1, 0.15) is 33.6 Å². The van der Waals surface area contributed by atoms with Crippen LogP contribution in [-0.2, 0) is 0 Å². The number of nitrogens with one attached hydrogen (secondary N) is 1. The second-order valence-electron chi connectivity index (χ2n) is 6.83. The summed E-state index contributed by atoms with van der Waals surface area (Å²) in [4.78, 5) is 9.48. The Balaban J connectivity index is 1.82. The average molecular weight is 296 g/mol. The fraction of sp³-hybridized carbons (Fsp3) is 0.938. The number of rotatable bonds is 4. The maximum atomic E-state index is 9.67. The van der Waals surface area contributed by atoms with Crippen molar-refractivity contribution in [2.75, 3.05) is 45.8 Å². The summed E-state index contributed by atoms with van der Waals surface area (Å²) in [6, 6.07) is 0. The van der Waals surface area contributed by atoms with Crippen molar-refractivity contribution in [3.63, 3.8) is 0 Å². The average Bonchev–Trinajstić information content (AvgIpc) is 2.83. The van der Waals surface area contributed by atoms with E-state index in [0.29, 0.717) is 6.54 Å². The number of hydrogen-bond donors (Lipinski definition) is 2. The van der Waals surface area contributed by atoms with E-state index >= 15 is 0 Å². The lowest BCUT2D eigenvalue weighted by Crippen LogP contribution is -2.42. The number of aliphatic hydroxyl groups excluding tert-OH is 1. The molecule has 5 heteroatoms. The Morgan fingerprint density at radius 1 is 1.24 bits per heavy atom. The number of hydrogen-bond acceptors (Lipinski definition) is 3. The lowest BCUT2D eigenvalue weighted by Gasteiger charge is -2.34. The zero-order valence-electron chi connectivity index (χ0n) is 13.9. The highest BCUT2D eigenvalue weighted by Gasteiger charge is 2.23. The van der Waals surface area contributed by atoms with Gasteiger partial charge in [-0.2, -0.15) is 0 Å². The van der Waals surface area contributed by atoms with Gasteiger partial charge in [0.1, 0.15) is 0 Å². The SMILES string of the molecule is CCNC(=NCCN1CC(C)CC(C)C1)N1CC[C@@H](O)C1. The van der Waals surface area contributed by atoms with Gasteiger partial charge in [0.15, 0.2) is 5.96 Å². The minimum atomic E-state index is -0.197. The molecule has 0 aromatic heterocycles. The molecular formula is C16H32N4O. The maximum absolute atomic E-state index is 9.67. The van der Waals surface area contributed by atoms with Crippen LogP contribution < -0.4 is 5.32 Å². The first kappa shape index (κ1) is 16.6. The lowest BCUT2D eigenvalue weighted by atomic mass is 9.92. The summed E-state index contributed by atoms with van der Waals surface area (Å²) in [6.45, 7) is 13.6. The maximum Gasteiger partial charge on any atom is 0.194 e. The minimum Gasteiger partial charge on any atom is -0.391 e. The molecule has 2 rings (SSSR count). The highest BCUT2D eigenvalue weighted by atomic mass is 16.3. The summed E-state index contributed by atoms with van der Waals surface area (Å²) in [5.41, 5.74) is 0. The number of nitrogens with zero attached hydrogens (tertiary/aromatic N) is 3. The van der Waals surface area contributed by atoms with Gasteiger partial charge in [0.25, 0.3) is 0 Å². The van der Waals surface area contributed by atoms with Crippen LogP contribution in [0, 0.1) is 11.8 Å². The standard InChI is InChI=1S/C16H32N4O/c1-4-17-16(20-7-5-15(21)12-20)18-6-8-19-10-13(2)9-14(3)11-19/h13-15,21H,4-12H2,1-3H3,(H,17,18)/t13?,14?,15-/m1/s1. The van der Waals surface area contributed by atoms with E-state index in [4.69, 9.17) is 4.99 Å². The summed E-state index contributed by atoms with van der Waals surface area (Å²) < 4.78 is 0. The van der Waals surface area contributed by atoms with Gasteiger partial charge in [-0.05, 0) is 31.6 Å². The predicted molar refractivity (Wildman–Crippen MR) is 87.6 cm³/mol. The largest absolute Gasteiger partial charge is 0.391 e. The van der Waals surface area contributed by atoms with Crippen LogP contribution in [-0.4, -0.2) is 72.8 Å². The number of guanidine groups is 1. The molecule has 2 aliphatic rings. The second-order valence-corrected chi connectivity index (χ2v) is 6.83. The Kier molecular flexibility index (Phi) is 6.30. The summed E-state index contributed by atoms with van der Waals surface area (Å²) in [5.74, 6) is 2.58. The third kappa shape index (κ3) is 5.15. The first-order valence-electron chi connectivity index (χ1n) is 8.52. The van der Waals surface area contributed by atoms with Gasteiger partial charge in [0.2, 0.25) is 0 Å². The molecule has 5 nitrogen and oxygen atoms in total. The van der Waals surface area contributed by atoms with Crippen molar-refractivity contribution >= 4 is 5.96 Å². The number of piperidine rings is 1. The second kappa shape index (κ2) is 7.99. The third-order valence-corrected chi connectivity index (χ3v) is 4.42. The molecule has 0 aliphatic carbocycles. The molecule has 122 valence electrons. The van der Waals surface area contributed by atoms with Crippen molar-refractivity contribution < 1.29 is 5.11 Å². The molecule has 0 radical (unpaired) electrons. The van der Waals surface area contributed by atoms with Gasteiger partial charge in [-0.3, -0.25) is 4.99 Å². The first-order valence-corrected chi connectivity index (χ1v) is 8.52. The van der Waals surface area contributed by atoms with E-state index in [0.717, 1.165) is 50.4 Å². The number of likely N-dealkylation sites (tertiary alicyclic amines) is 2. The molecule has 2 aliphatic heterocycles. The Labute approximate surface area is 129 Å². The summed E-state index contributed by atoms with van der Waals surface area (Å²) in [7, 11) is 0. The molecule has 2 fully saturated rings. The van der Waals surface area contributed by atoms with Gasteiger partial charge in [0, 0.05) is 39.3 Å². The monoisotopic (exact) mass is 296 g/mol. The molecule has 2 N–H and O–H groups in total. The van der Waals surface area contributed by atoms with Crippen LogP contribution in [0.2, 0.25) is 0 Å². The molecule has 21 heavy (non-hydrogen) atoms. The molecule has 2 heterocycles. The molecule has 2 saturated heterocycles. The van der Waals surface area contributed by atoms with Crippen molar-refractivity contribution in [1.29, 1.82) is 0 Å². The van der Waals surface area contributed by atoms with Gasteiger partial charge in [-0.1, -0.05) is 13.8 Å². The van der Waals surface area contributed by atoms with Gasteiger partial charge in [0.05, 0.1) is 12.6 Å².